The Labute approximate surface area is 125 Å². The third kappa shape index (κ3) is 3.87. The number of hydrogen-bond acceptors (Lipinski definition) is 4. The molecule has 0 N–H and O–H groups in total. The van der Waals surface area contributed by atoms with E-state index < -0.39 is 9.84 Å². The molecule has 20 heavy (non-hydrogen) atoms. The molecule has 2 atom stereocenters. The van der Waals surface area contributed by atoms with E-state index in [0.717, 1.165) is 11.3 Å². The number of benzene rings is 1. The van der Waals surface area contributed by atoms with Crippen LogP contribution in [0.4, 0.5) is 0 Å². The Morgan fingerprint density at radius 1 is 1.50 bits per heavy atom. The Hall–Kier alpha value is -0.780. The molecular weight excluding hydrogens is 298 g/mol. The van der Waals surface area contributed by atoms with Gasteiger partial charge in [0.2, 0.25) is 0 Å². The molecule has 0 aromatic heterocycles. The van der Waals surface area contributed by atoms with Crippen LogP contribution in [0.5, 0.6) is 5.75 Å². The molecule has 1 aliphatic rings. The van der Waals surface area contributed by atoms with E-state index in [1.807, 2.05) is 36.2 Å². The highest BCUT2D eigenvalue weighted by atomic mass is 35.5. The van der Waals surface area contributed by atoms with Gasteiger partial charge in [0.05, 0.1) is 24.0 Å². The first-order chi connectivity index (χ1) is 9.41. The summed E-state index contributed by atoms with van der Waals surface area (Å²) in [5, 5.41) is -0.182. The zero-order chi connectivity index (χ0) is 14.8. The van der Waals surface area contributed by atoms with E-state index >= 15 is 0 Å². The topological polar surface area (TPSA) is 46.6 Å². The van der Waals surface area contributed by atoms with Gasteiger partial charge in [-0.05, 0) is 31.2 Å². The Morgan fingerprint density at radius 2 is 2.25 bits per heavy atom. The van der Waals surface area contributed by atoms with Gasteiger partial charge in [-0.25, -0.2) is 8.42 Å². The summed E-state index contributed by atoms with van der Waals surface area (Å²) in [5.41, 5.74) is 0.985. The van der Waals surface area contributed by atoms with E-state index in [1.165, 1.54) is 0 Å². The van der Waals surface area contributed by atoms with Gasteiger partial charge in [0, 0.05) is 12.6 Å². The van der Waals surface area contributed by atoms with Crippen molar-refractivity contribution >= 4 is 21.4 Å². The van der Waals surface area contributed by atoms with Crippen molar-refractivity contribution in [3.63, 3.8) is 0 Å². The minimum absolute atomic E-state index is 0.0758. The maximum atomic E-state index is 11.5. The quantitative estimate of drug-likeness (QED) is 0.780. The van der Waals surface area contributed by atoms with Crippen molar-refractivity contribution in [2.24, 2.45) is 0 Å². The Bertz CT molecular complexity index is 561. The van der Waals surface area contributed by atoms with Gasteiger partial charge in [-0.15, -0.1) is 11.6 Å². The molecule has 0 spiro atoms. The molecule has 6 heteroatoms. The lowest BCUT2D eigenvalue weighted by Crippen LogP contribution is -2.34. The third-order valence-corrected chi connectivity index (χ3v) is 5.88. The van der Waals surface area contributed by atoms with Crippen molar-refractivity contribution in [2.45, 2.75) is 17.8 Å². The highest BCUT2D eigenvalue weighted by Crippen LogP contribution is 2.26. The summed E-state index contributed by atoms with van der Waals surface area (Å²) in [4.78, 5) is 2.04. The van der Waals surface area contributed by atoms with E-state index in [9.17, 15) is 8.42 Å². The summed E-state index contributed by atoms with van der Waals surface area (Å²) in [7, 11) is 0.698. The van der Waals surface area contributed by atoms with Crippen molar-refractivity contribution in [1.82, 2.24) is 4.90 Å². The largest absolute Gasteiger partial charge is 0.497 e. The van der Waals surface area contributed by atoms with E-state index in [-0.39, 0.29) is 22.9 Å². The molecule has 0 aliphatic carbocycles. The van der Waals surface area contributed by atoms with Gasteiger partial charge in [-0.2, -0.15) is 0 Å². The summed E-state index contributed by atoms with van der Waals surface area (Å²) >= 11 is 6.43. The number of sulfone groups is 1. The highest BCUT2D eigenvalue weighted by Gasteiger charge is 2.31. The van der Waals surface area contributed by atoms with Gasteiger partial charge >= 0.3 is 0 Å². The molecule has 2 unspecified atom stereocenters. The smallest absolute Gasteiger partial charge is 0.151 e. The molecule has 1 aromatic carbocycles. The molecule has 2 rings (SSSR count). The molecule has 0 amide bonds. The van der Waals surface area contributed by atoms with Crippen LogP contribution in [0, 0.1) is 0 Å². The van der Waals surface area contributed by atoms with Crippen LogP contribution in [0.15, 0.2) is 24.3 Å². The third-order valence-electron chi connectivity index (χ3n) is 3.74. The lowest BCUT2D eigenvalue weighted by molar-refractivity contribution is 0.262. The normalized spacial score (nSPS) is 22.9. The van der Waals surface area contributed by atoms with Crippen LogP contribution < -0.4 is 4.74 Å². The fourth-order valence-electron chi connectivity index (χ4n) is 2.47. The van der Waals surface area contributed by atoms with Crippen LogP contribution >= 0.6 is 11.6 Å². The number of likely N-dealkylation sites (N-methyl/N-ethyl adjacent to an activating group) is 1. The predicted octanol–water partition coefficient (Wildman–Crippen LogP) is 2.09. The Morgan fingerprint density at radius 3 is 2.85 bits per heavy atom. The number of methoxy groups -OCH3 is 1. The van der Waals surface area contributed by atoms with Crippen LogP contribution in [-0.2, 0) is 9.84 Å². The van der Waals surface area contributed by atoms with Crippen LogP contribution in [0.25, 0.3) is 0 Å². The molecule has 4 nitrogen and oxygen atoms in total. The average Bonchev–Trinajstić information content (AvgIpc) is 2.79. The van der Waals surface area contributed by atoms with Crippen molar-refractivity contribution in [3.8, 4) is 5.75 Å². The van der Waals surface area contributed by atoms with Crippen LogP contribution in [0.1, 0.15) is 17.4 Å². The Kier molecular flexibility index (Phi) is 4.94. The maximum absolute atomic E-state index is 11.5. The SMILES string of the molecule is COc1cccc(C(Cl)CN(C)C2CCS(=O)(=O)C2)c1. The second-order valence-electron chi connectivity index (χ2n) is 5.24. The van der Waals surface area contributed by atoms with Crippen LogP contribution in [0.3, 0.4) is 0 Å². The minimum Gasteiger partial charge on any atom is -0.497 e. The molecule has 1 aliphatic heterocycles. The first-order valence-electron chi connectivity index (χ1n) is 6.60. The number of ether oxygens (including phenoxy) is 1. The summed E-state index contributed by atoms with van der Waals surface area (Å²) in [5.74, 6) is 1.30. The van der Waals surface area contributed by atoms with Gasteiger partial charge in [0.1, 0.15) is 5.75 Å². The lowest BCUT2D eigenvalue weighted by atomic mass is 10.1. The van der Waals surface area contributed by atoms with E-state index in [2.05, 4.69) is 0 Å². The number of alkyl halides is 1. The molecule has 0 saturated carbocycles. The summed E-state index contributed by atoms with van der Waals surface area (Å²) in [6.45, 7) is 0.620. The second kappa shape index (κ2) is 6.33. The number of halogens is 1. The van der Waals surface area contributed by atoms with Gasteiger partial charge in [-0.3, -0.25) is 0 Å². The maximum Gasteiger partial charge on any atom is 0.151 e. The van der Waals surface area contributed by atoms with Gasteiger partial charge < -0.3 is 9.64 Å². The molecule has 1 heterocycles. The zero-order valence-electron chi connectivity index (χ0n) is 11.8. The highest BCUT2D eigenvalue weighted by molar-refractivity contribution is 7.91. The zero-order valence-corrected chi connectivity index (χ0v) is 13.3. The monoisotopic (exact) mass is 317 g/mol. The lowest BCUT2D eigenvalue weighted by Gasteiger charge is -2.25. The molecule has 0 bridgehead atoms. The van der Waals surface area contributed by atoms with Crippen molar-refractivity contribution in [2.75, 3.05) is 32.2 Å². The van der Waals surface area contributed by atoms with Crippen molar-refractivity contribution in [3.05, 3.63) is 29.8 Å². The molecule has 112 valence electrons. The molecule has 0 radical (unpaired) electrons. The van der Waals surface area contributed by atoms with Gasteiger partial charge in [-0.1, -0.05) is 12.1 Å². The van der Waals surface area contributed by atoms with Crippen molar-refractivity contribution in [1.29, 1.82) is 0 Å². The van der Waals surface area contributed by atoms with E-state index in [4.69, 9.17) is 16.3 Å². The number of hydrogen-bond donors (Lipinski definition) is 0. The predicted molar refractivity (Wildman–Crippen MR) is 81.3 cm³/mol. The molecular formula is C14H20ClNO3S. The van der Waals surface area contributed by atoms with Crippen LogP contribution in [-0.4, -0.2) is 51.6 Å². The van der Waals surface area contributed by atoms with Crippen LogP contribution in [0.2, 0.25) is 0 Å². The fraction of sp³-hybridized carbons (Fsp3) is 0.571. The Balaban J connectivity index is 1.98. The minimum atomic E-state index is -2.86. The van der Waals surface area contributed by atoms with Gasteiger partial charge in [0.25, 0.3) is 0 Å². The summed E-state index contributed by atoms with van der Waals surface area (Å²) in [6, 6.07) is 7.73. The first-order valence-corrected chi connectivity index (χ1v) is 8.86. The fourth-order valence-corrected chi connectivity index (χ4v) is 4.63. The molecule has 1 fully saturated rings. The molecule has 1 aromatic rings. The second-order valence-corrected chi connectivity index (χ2v) is 8.00. The van der Waals surface area contributed by atoms with E-state index in [1.54, 1.807) is 7.11 Å². The summed E-state index contributed by atoms with van der Waals surface area (Å²) < 4.78 is 28.2. The van der Waals surface area contributed by atoms with Gasteiger partial charge in [0.15, 0.2) is 9.84 Å². The van der Waals surface area contributed by atoms with Crippen molar-refractivity contribution < 1.29 is 13.2 Å². The number of rotatable bonds is 5. The summed E-state index contributed by atoms with van der Waals surface area (Å²) in [6.07, 6.45) is 0.695. The number of nitrogens with zero attached hydrogens (tertiary/aromatic N) is 1. The van der Waals surface area contributed by atoms with E-state index in [0.29, 0.717) is 13.0 Å². The molecule has 1 saturated heterocycles. The first kappa shape index (κ1) is 15.6. The standard InChI is InChI=1S/C14H20ClNO3S/c1-16(12-6-7-20(17,18)10-12)9-14(15)11-4-3-5-13(8-11)19-2/h3-5,8,12,14H,6-7,9-10H2,1-2H3. The average molecular weight is 318 g/mol.